The van der Waals surface area contributed by atoms with E-state index in [0.717, 1.165) is 55.7 Å². The lowest BCUT2D eigenvalue weighted by molar-refractivity contribution is -0.138. The SMILES string of the molecule is CCN1CCN(c2ccc(Cc3ncc(C(F)(F)F)c(CCc4ccccc4CC(N)=O)n3)cc2)CC1. The number of likely N-dealkylation sites (N-methyl/N-ethyl adjacent to an activating group) is 1. The number of nitrogens with two attached hydrogens (primary N) is 1. The molecular weight excluding hydrogens is 479 g/mol. The van der Waals surface area contributed by atoms with Gasteiger partial charge in [-0.05, 0) is 48.2 Å². The van der Waals surface area contributed by atoms with Gasteiger partial charge in [0.05, 0.1) is 17.7 Å². The number of carbonyl (C=O) groups is 1. The molecule has 2 N–H and O–H groups in total. The molecule has 37 heavy (non-hydrogen) atoms. The van der Waals surface area contributed by atoms with Gasteiger partial charge in [0.1, 0.15) is 5.82 Å². The van der Waals surface area contributed by atoms with Crippen molar-refractivity contribution in [1.29, 1.82) is 0 Å². The molecule has 1 saturated heterocycles. The Morgan fingerprint density at radius 1 is 0.973 bits per heavy atom. The highest BCUT2D eigenvalue weighted by Gasteiger charge is 2.34. The predicted molar refractivity (Wildman–Crippen MR) is 137 cm³/mol. The monoisotopic (exact) mass is 511 g/mol. The largest absolute Gasteiger partial charge is 0.419 e. The highest BCUT2D eigenvalue weighted by Crippen LogP contribution is 2.32. The summed E-state index contributed by atoms with van der Waals surface area (Å²) in [7, 11) is 0. The van der Waals surface area contributed by atoms with E-state index < -0.39 is 17.6 Å². The van der Waals surface area contributed by atoms with Gasteiger partial charge in [-0.25, -0.2) is 9.97 Å². The van der Waals surface area contributed by atoms with Crippen LogP contribution in [-0.2, 0) is 36.7 Å². The maximum Gasteiger partial charge on any atom is 0.419 e. The number of benzene rings is 2. The summed E-state index contributed by atoms with van der Waals surface area (Å²) < 4.78 is 41.1. The summed E-state index contributed by atoms with van der Waals surface area (Å²) in [6, 6.07) is 15.2. The fourth-order valence-electron chi connectivity index (χ4n) is 4.72. The van der Waals surface area contributed by atoms with Crippen molar-refractivity contribution in [2.45, 2.75) is 38.8 Å². The molecular formula is C28H32F3N5O. The van der Waals surface area contributed by atoms with Crippen molar-refractivity contribution in [2.75, 3.05) is 37.6 Å². The smallest absolute Gasteiger partial charge is 0.369 e. The summed E-state index contributed by atoms with van der Waals surface area (Å²) in [6.07, 6.45) is -2.90. The van der Waals surface area contributed by atoms with E-state index in [1.54, 1.807) is 24.3 Å². The Balaban J connectivity index is 1.48. The van der Waals surface area contributed by atoms with Gasteiger partial charge in [-0.15, -0.1) is 0 Å². The maximum atomic E-state index is 13.7. The average molecular weight is 512 g/mol. The molecule has 0 radical (unpaired) electrons. The van der Waals surface area contributed by atoms with E-state index in [4.69, 9.17) is 5.73 Å². The summed E-state index contributed by atoms with van der Waals surface area (Å²) in [5.74, 6) is -0.139. The van der Waals surface area contributed by atoms with E-state index in [1.165, 1.54) is 0 Å². The molecule has 0 saturated carbocycles. The molecule has 6 nitrogen and oxygen atoms in total. The Hall–Kier alpha value is -3.46. The fourth-order valence-corrected chi connectivity index (χ4v) is 4.72. The van der Waals surface area contributed by atoms with Crippen LogP contribution in [0, 0.1) is 0 Å². The third-order valence-corrected chi connectivity index (χ3v) is 6.82. The van der Waals surface area contributed by atoms with Gasteiger partial charge < -0.3 is 15.5 Å². The van der Waals surface area contributed by atoms with E-state index in [0.29, 0.717) is 24.2 Å². The zero-order chi connectivity index (χ0) is 26.4. The number of piperazine rings is 1. The molecule has 0 unspecified atom stereocenters. The quantitative estimate of drug-likeness (QED) is 0.469. The van der Waals surface area contributed by atoms with Crippen LogP contribution in [0.2, 0.25) is 0 Å². The highest BCUT2D eigenvalue weighted by molar-refractivity contribution is 5.77. The fraction of sp³-hybridized carbons (Fsp3) is 0.393. The second-order valence-corrected chi connectivity index (χ2v) is 9.32. The Morgan fingerprint density at radius 2 is 1.65 bits per heavy atom. The summed E-state index contributed by atoms with van der Waals surface area (Å²) >= 11 is 0. The molecule has 196 valence electrons. The van der Waals surface area contributed by atoms with Crippen LogP contribution in [0.15, 0.2) is 54.7 Å². The number of hydrogen-bond donors (Lipinski definition) is 1. The highest BCUT2D eigenvalue weighted by atomic mass is 19.4. The first kappa shape index (κ1) is 26.6. The standard InChI is InChI=1S/C28H32F3N5O/c1-2-35-13-15-36(16-14-35)23-10-7-20(8-11-23)17-27-33-19-24(28(29,30)31)25(34-27)12-9-21-5-3-4-6-22(21)18-26(32)37/h3-8,10-11,19H,2,9,12-18H2,1H3,(H2,32,37). The van der Waals surface area contributed by atoms with Gasteiger partial charge in [0.15, 0.2) is 0 Å². The van der Waals surface area contributed by atoms with Crippen LogP contribution in [0.1, 0.15) is 40.7 Å². The molecule has 4 rings (SSSR count). The summed E-state index contributed by atoms with van der Waals surface area (Å²) in [4.78, 5) is 24.5. The summed E-state index contributed by atoms with van der Waals surface area (Å²) in [5, 5.41) is 0. The summed E-state index contributed by atoms with van der Waals surface area (Å²) in [5.41, 5.74) is 8.03. The van der Waals surface area contributed by atoms with Crippen molar-refractivity contribution in [3.63, 3.8) is 0 Å². The zero-order valence-corrected chi connectivity index (χ0v) is 21.0. The molecule has 3 aromatic rings. The number of anilines is 1. The molecule has 1 aliphatic rings. The van der Waals surface area contributed by atoms with E-state index in [-0.39, 0.29) is 18.5 Å². The Kier molecular flexibility index (Phi) is 8.43. The number of aryl methyl sites for hydroxylation is 2. The molecule has 1 amide bonds. The van der Waals surface area contributed by atoms with Crippen molar-refractivity contribution < 1.29 is 18.0 Å². The second-order valence-electron chi connectivity index (χ2n) is 9.32. The first-order chi connectivity index (χ1) is 17.7. The number of primary amides is 1. The number of aromatic nitrogens is 2. The normalized spacial score (nSPS) is 14.6. The van der Waals surface area contributed by atoms with Crippen molar-refractivity contribution in [3.8, 4) is 0 Å². The van der Waals surface area contributed by atoms with Gasteiger partial charge in [-0.3, -0.25) is 4.79 Å². The Bertz CT molecular complexity index is 1210. The van der Waals surface area contributed by atoms with E-state index in [1.807, 2.05) is 12.1 Å². The molecule has 1 fully saturated rings. The molecule has 1 aliphatic heterocycles. The van der Waals surface area contributed by atoms with Gasteiger partial charge in [0.2, 0.25) is 5.91 Å². The van der Waals surface area contributed by atoms with Gasteiger partial charge in [0, 0.05) is 44.5 Å². The van der Waals surface area contributed by atoms with E-state index >= 15 is 0 Å². The van der Waals surface area contributed by atoms with Crippen LogP contribution in [-0.4, -0.2) is 53.5 Å². The molecule has 0 bridgehead atoms. The minimum absolute atomic E-state index is 0.0433. The van der Waals surface area contributed by atoms with Crippen LogP contribution in [0.3, 0.4) is 0 Å². The van der Waals surface area contributed by atoms with Crippen LogP contribution < -0.4 is 10.6 Å². The lowest BCUT2D eigenvalue weighted by Gasteiger charge is -2.35. The van der Waals surface area contributed by atoms with Crippen LogP contribution in [0.25, 0.3) is 0 Å². The van der Waals surface area contributed by atoms with E-state index in [9.17, 15) is 18.0 Å². The third kappa shape index (κ3) is 7.07. The summed E-state index contributed by atoms with van der Waals surface area (Å²) in [6.45, 7) is 7.24. The maximum absolute atomic E-state index is 13.7. The number of carbonyl (C=O) groups excluding carboxylic acids is 1. The number of alkyl halides is 3. The first-order valence-electron chi connectivity index (χ1n) is 12.6. The van der Waals surface area contributed by atoms with Crippen molar-refractivity contribution in [1.82, 2.24) is 14.9 Å². The second kappa shape index (κ2) is 11.7. The van der Waals surface area contributed by atoms with Crippen molar-refractivity contribution in [2.24, 2.45) is 5.73 Å². The Morgan fingerprint density at radius 3 is 2.27 bits per heavy atom. The van der Waals surface area contributed by atoms with Gasteiger partial charge in [-0.2, -0.15) is 13.2 Å². The molecule has 9 heteroatoms. The van der Waals surface area contributed by atoms with Gasteiger partial charge >= 0.3 is 6.18 Å². The van der Waals surface area contributed by atoms with Gasteiger partial charge in [-0.1, -0.05) is 43.3 Å². The molecule has 0 aliphatic carbocycles. The topological polar surface area (TPSA) is 75.3 Å². The molecule has 2 heterocycles. The lowest BCUT2D eigenvalue weighted by Crippen LogP contribution is -2.46. The van der Waals surface area contributed by atoms with Crippen LogP contribution in [0.5, 0.6) is 0 Å². The number of amides is 1. The zero-order valence-electron chi connectivity index (χ0n) is 21.0. The minimum Gasteiger partial charge on any atom is -0.369 e. The average Bonchev–Trinajstić information content (AvgIpc) is 2.88. The minimum atomic E-state index is -4.55. The van der Waals surface area contributed by atoms with Crippen LogP contribution >= 0.6 is 0 Å². The third-order valence-electron chi connectivity index (χ3n) is 6.82. The first-order valence-corrected chi connectivity index (χ1v) is 12.6. The molecule has 0 atom stereocenters. The van der Waals surface area contributed by atoms with Crippen LogP contribution in [0.4, 0.5) is 18.9 Å². The van der Waals surface area contributed by atoms with Crippen molar-refractivity contribution >= 4 is 11.6 Å². The number of nitrogens with zero attached hydrogens (tertiary/aromatic N) is 4. The molecule has 1 aromatic heterocycles. The van der Waals surface area contributed by atoms with E-state index in [2.05, 4.69) is 38.8 Å². The Labute approximate surface area is 215 Å². The number of halogens is 3. The predicted octanol–water partition coefficient (Wildman–Crippen LogP) is 4.04. The van der Waals surface area contributed by atoms with Gasteiger partial charge in [0.25, 0.3) is 0 Å². The van der Waals surface area contributed by atoms with Crippen molar-refractivity contribution in [3.05, 3.63) is 88.5 Å². The number of hydrogen-bond acceptors (Lipinski definition) is 5. The number of rotatable bonds is 9. The molecule has 0 spiro atoms. The molecule has 2 aromatic carbocycles. The lowest BCUT2D eigenvalue weighted by atomic mass is 9.98.